The molecule has 0 aliphatic heterocycles. The highest BCUT2D eigenvalue weighted by Crippen LogP contribution is 2.30. The first-order valence-corrected chi connectivity index (χ1v) is 7.07. The molecule has 16 heavy (non-hydrogen) atoms. The standard InChI is InChI=1S/C9H5BrClNO2S.ClH/c10-7-5-12-4-6-2-1-3-8(9(6)7)15(11,13)14;/h1-5H;1H. The van der Waals surface area contributed by atoms with Crippen LogP contribution >= 0.6 is 39.0 Å². The Kier molecular flexibility index (Phi) is 4.17. The van der Waals surface area contributed by atoms with E-state index in [2.05, 4.69) is 20.9 Å². The molecule has 1 aromatic carbocycles. The van der Waals surface area contributed by atoms with Gasteiger partial charge in [0.2, 0.25) is 0 Å². The second-order valence-electron chi connectivity index (χ2n) is 2.91. The van der Waals surface area contributed by atoms with Crippen LogP contribution in [0.3, 0.4) is 0 Å². The summed E-state index contributed by atoms with van der Waals surface area (Å²) in [7, 11) is 1.60. The highest BCUT2D eigenvalue weighted by Gasteiger charge is 2.15. The minimum atomic E-state index is -3.74. The average Bonchev–Trinajstić information content (AvgIpc) is 2.16. The largest absolute Gasteiger partial charge is 0.263 e. The predicted molar refractivity (Wildman–Crippen MR) is 69.7 cm³/mol. The summed E-state index contributed by atoms with van der Waals surface area (Å²) in [4.78, 5) is 4.04. The van der Waals surface area contributed by atoms with Gasteiger partial charge in [-0.15, -0.1) is 12.4 Å². The Hall–Kier alpha value is -0.360. The first-order valence-electron chi connectivity index (χ1n) is 3.97. The fourth-order valence-corrected chi connectivity index (χ4v) is 3.15. The summed E-state index contributed by atoms with van der Waals surface area (Å²) in [6.45, 7) is 0. The minimum Gasteiger partial charge on any atom is -0.263 e. The molecule has 0 bridgehead atoms. The van der Waals surface area contributed by atoms with E-state index < -0.39 is 9.05 Å². The van der Waals surface area contributed by atoms with E-state index in [0.29, 0.717) is 9.86 Å². The van der Waals surface area contributed by atoms with Gasteiger partial charge in [0.15, 0.2) is 0 Å². The number of aromatic nitrogens is 1. The molecule has 0 spiro atoms. The minimum absolute atomic E-state index is 0. The van der Waals surface area contributed by atoms with Crippen molar-refractivity contribution >= 4 is 58.8 Å². The molecule has 7 heteroatoms. The number of benzene rings is 1. The molecule has 0 atom stereocenters. The Labute approximate surface area is 112 Å². The maximum atomic E-state index is 11.3. The van der Waals surface area contributed by atoms with Gasteiger partial charge in [0.1, 0.15) is 0 Å². The lowest BCUT2D eigenvalue weighted by atomic mass is 10.2. The number of pyridine rings is 1. The highest BCUT2D eigenvalue weighted by molar-refractivity contribution is 9.10. The van der Waals surface area contributed by atoms with Crippen molar-refractivity contribution in [3.8, 4) is 0 Å². The Bertz CT molecular complexity index is 625. The third-order valence-electron chi connectivity index (χ3n) is 1.96. The Morgan fingerprint density at radius 3 is 2.56 bits per heavy atom. The maximum Gasteiger partial charge on any atom is 0.261 e. The van der Waals surface area contributed by atoms with E-state index in [1.165, 1.54) is 12.3 Å². The number of halogens is 3. The predicted octanol–water partition coefficient (Wildman–Crippen LogP) is 3.35. The van der Waals surface area contributed by atoms with Crippen LogP contribution in [0.4, 0.5) is 0 Å². The summed E-state index contributed by atoms with van der Waals surface area (Å²) < 4.78 is 23.3. The van der Waals surface area contributed by atoms with Crippen LogP contribution < -0.4 is 0 Å². The van der Waals surface area contributed by atoms with Gasteiger partial charge in [0, 0.05) is 38.3 Å². The van der Waals surface area contributed by atoms with E-state index in [4.69, 9.17) is 10.7 Å². The van der Waals surface area contributed by atoms with Crippen LogP contribution in [0.1, 0.15) is 0 Å². The van der Waals surface area contributed by atoms with Crippen molar-refractivity contribution in [1.29, 1.82) is 0 Å². The van der Waals surface area contributed by atoms with Crippen LogP contribution in [0, 0.1) is 0 Å². The zero-order chi connectivity index (χ0) is 11.1. The molecule has 0 aliphatic carbocycles. The van der Waals surface area contributed by atoms with Crippen LogP contribution in [0.2, 0.25) is 0 Å². The summed E-state index contributed by atoms with van der Waals surface area (Å²) in [5.41, 5.74) is 0. The van der Waals surface area contributed by atoms with Crippen LogP contribution in [0.15, 0.2) is 40.0 Å². The molecule has 0 fully saturated rings. The van der Waals surface area contributed by atoms with E-state index in [1.54, 1.807) is 18.3 Å². The van der Waals surface area contributed by atoms with E-state index in [1.807, 2.05) is 0 Å². The molecule has 86 valence electrons. The topological polar surface area (TPSA) is 47.0 Å². The molecule has 1 heterocycles. The molecule has 0 saturated carbocycles. The normalized spacial score (nSPS) is 11.1. The van der Waals surface area contributed by atoms with E-state index in [0.717, 1.165) is 5.39 Å². The molecule has 1 aromatic heterocycles. The Morgan fingerprint density at radius 2 is 1.94 bits per heavy atom. The van der Waals surface area contributed by atoms with Crippen molar-refractivity contribution in [2.24, 2.45) is 0 Å². The number of hydrogen-bond acceptors (Lipinski definition) is 3. The summed E-state index contributed by atoms with van der Waals surface area (Å²) >= 11 is 3.25. The van der Waals surface area contributed by atoms with Gasteiger partial charge in [0.25, 0.3) is 9.05 Å². The van der Waals surface area contributed by atoms with Crippen LogP contribution in [-0.4, -0.2) is 13.4 Å². The summed E-state index contributed by atoms with van der Waals surface area (Å²) in [6.07, 6.45) is 3.12. The fourth-order valence-electron chi connectivity index (χ4n) is 1.36. The smallest absolute Gasteiger partial charge is 0.261 e. The maximum absolute atomic E-state index is 11.3. The number of rotatable bonds is 1. The van der Waals surface area contributed by atoms with Gasteiger partial charge in [-0.1, -0.05) is 12.1 Å². The zero-order valence-electron chi connectivity index (χ0n) is 7.72. The third kappa shape index (κ3) is 2.48. The number of nitrogens with zero attached hydrogens (tertiary/aromatic N) is 1. The lowest BCUT2D eigenvalue weighted by molar-refractivity contribution is 0.610. The van der Waals surface area contributed by atoms with Gasteiger partial charge in [-0.05, 0) is 22.0 Å². The van der Waals surface area contributed by atoms with Crippen molar-refractivity contribution in [1.82, 2.24) is 4.98 Å². The lowest BCUT2D eigenvalue weighted by Crippen LogP contribution is -1.93. The van der Waals surface area contributed by atoms with E-state index in [9.17, 15) is 8.42 Å². The van der Waals surface area contributed by atoms with Crippen LogP contribution in [0.25, 0.3) is 10.8 Å². The average molecular weight is 343 g/mol. The van der Waals surface area contributed by atoms with E-state index in [-0.39, 0.29) is 17.3 Å². The second-order valence-corrected chi connectivity index (χ2v) is 6.30. The summed E-state index contributed by atoms with van der Waals surface area (Å²) in [6, 6.07) is 4.87. The van der Waals surface area contributed by atoms with Gasteiger partial charge < -0.3 is 0 Å². The molecule has 0 N–H and O–H groups in total. The van der Waals surface area contributed by atoms with Crippen molar-refractivity contribution < 1.29 is 8.42 Å². The first kappa shape index (κ1) is 13.7. The SMILES string of the molecule is Cl.O=S(=O)(Cl)c1cccc2cncc(Br)c12. The van der Waals surface area contributed by atoms with E-state index >= 15 is 0 Å². The quantitative estimate of drug-likeness (QED) is 0.746. The van der Waals surface area contributed by atoms with Gasteiger partial charge in [-0.3, -0.25) is 4.98 Å². The van der Waals surface area contributed by atoms with Crippen molar-refractivity contribution in [2.75, 3.05) is 0 Å². The molecular formula is C9H6BrCl2NO2S. The van der Waals surface area contributed by atoms with Crippen LogP contribution in [-0.2, 0) is 9.05 Å². The lowest BCUT2D eigenvalue weighted by Gasteiger charge is -2.04. The van der Waals surface area contributed by atoms with Gasteiger partial charge >= 0.3 is 0 Å². The molecule has 2 rings (SSSR count). The first-order chi connectivity index (χ1) is 7.00. The number of fused-ring (bicyclic) bond motifs is 1. The zero-order valence-corrected chi connectivity index (χ0v) is 11.7. The summed E-state index contributed by atoms with van der Waals surface area (Å²) in [5, 5.41) is 1.29. The molecule has 0 saturated heterocycles. The molecule has 0 aliphatic rings. The highest BCUT2D eigenvalue weighted by atomic mass is 79.9. The monoisotopic (exact) mass is 341 g/mol. The van der Waals surface area contributed by atoms with Crippen LogP contribution in [0.5, 0.6) is 0 Å². The van der Waals surface area contributed by atoms with Gasteiger partial charge in [0.05, 0.1) is 4.90 Å². The molecule has 0 unspecified atom stereocenters. The molecular weight excluding hydrogens is 337 g/mol. The summed E-state index contributed by atoms with van der Waals surface area (Å²) in [5.74, 6) is 0. The molecule has 2 aromatic rings. The molecule has 0 amide bonds. The molecule has 0 radical (unpaired) electrons. The number of hydrogen-bond donors (Lipinski definition) is 0. The third-order valence-corrected chi connectivity index (χ3v) is 3.93. The second kappa shape index (κ2) is 4.87. The Balaban J connectivity index is 0.00000128. The van der Waals surface area contributed by atoms with Crippen molar-refractivity contribution in [3.05, 3.63) is 35.1 Å². The van der Waals surface area contributed by atoms with Crippen molar-refractivity contribution in [2.45, 2.75) is 4.90 Å². The fraction of sp³-hybridized carbons (Fsp3) is 0. The van der Waals surface area contributed by atoms with Crippen molar-refractivity contribution in [3.63, 3.8) is 0 Å². The Morgan fingerprint density at radius 1 is 1.25 bits per heavy atom. The van der Waals surface area contributed by atoms with Gasteiger partial charge in [-0.2, -0.15) is 0 Å². The van der Waals surface area contributed by atoms with Gasteiger partial charge in [-0.25, -0.2) is 8.42 Å². The molecule has 3 nitrogen and oxygen atoms in total.